The summed E-state index contributed by atoms with van der Waals surface area (Å²) < 4.78 is 40.5. The summed E-state index contributed by atoms with van der Waals surface area (Å²) in [4.78, 5) is 23.0. The number of carboxylic acids is 1. The number of halogens is 3. The summed E-state index contributed by atoms with van der Waals surface area (Å²) in [5.41, 5.74) is 2.94. The Morgan fingerprint density at radius 3 is 2.75 bits per heavy atom. The minimum absolute atomic E-state index is 0.150. The van der Waals surface area contributed by atoms with Crippen LogP contribution in [0.3, 0.4) is 0 Å². The number of carboxylic acid groups (broad SMARTS) is 1. The monoisotopic (exact) mass is 443 g/mol. The Balaban J connectivity index is 1.56. The standard InChI is InChI=1S/C22H20F3N5O2/c1-13-8-16(28-21-26-7-6-19(29-21)22(23,24)25)10-17(9-13)30-11-18(27-12-30)14-2-4-15(5-3-14)20(31)32/h2,6-12,15H,3-5H2,1H3,(H,31,32)(H,26,28,29). The quantitative estimate of drug-likeness (QED) is 0.576. The molecule has 3 aromatic rings. The number of nitrogens with zero attached hydrogens (tertiary/aromatic N) is 4. The highest BCUT2D eigenvalue weighted by Gasteiger charge is 2.32. The van der Waals surface area contributed by atoms with E-state index in [9.17, 15) is 18.0 Å². The molecule has 1 aromatic carbocycles. The Labute approximate surface area is 181 Å². The smallest absolute Gasteiger partial charge is 0.433 e. The number of anilines is 2. The number of allylic oxidation sites excluding steroid dienone is 2. The molecule has 32 heavy (non-hydrogen) atoms. The number of carbonyl (C=O) groups is 1. The molecule has 0 saturated carbocycles. The third-order valence-electron chi connectivity index (χ3n) is 5.23. The van der Waals surface area contributed by atoms with E-state index in [1.807, 2.05) is 29.8 Å². The minimum atomic E-state index is -4.55. The van der Waals surface area contributed by atoms with Gasteiger partial charge in [-0.1, -0.05) is 6.08 Å². The lowest BCUT2D eigenvalue weighted by molar-refractivity contribution is -0.142. The van der Waals surface area contributed by atoms with Gasteiger partial charge in [-0.2, -0.15) is 13.2 Å². The van der Waals surface area contributed by atoms with E-state index in [2.05, 4.69) is 20.3 Å². The third-order valence-corrected chi connectivity index (χ3v) is 5.23. The highest BCUT2D eigenvalue weighted by atomic mass is 19.4. The van der Waals surface area contributed by atoms with Crippen LogP contribution in [0.4, 0.5) is 24.8 Å². The molecule has 4 rings (SSSR count). The predicted molar refractivity (Wildman–Crippen MR) is 112 cm³/mol. The van der Waals surface area contributed by atoms with Crippen LogP contribution in [-0.4, -0.2) is 30.6 Å². The first-order chi connectivity index (χ1) is 15.2. The highest BCUT2D eigenvalue weighted by molar-refractivity contribution is 5.73. The summed E-state index contributed by atoms with van der Waals surface area (Å²) in [6.07, 6.45) is 3.62. The van der Waals surface area contributed by atoms with Gasteiger partial charge >= 0.3 is 12.1 Å². The lowest BCUT2D eigenvalue weighted by Crippen LogP contribution is -2.15. The van der Waals surface area contributed by atoms with Crippen LogP contribution in [0.1, 0.15) is 36.2 Å². The lowest BCUT2D eigenvalue weighted by atomic mass is 9.89. The molecule has 0 amide bonds. The Morgan fingerprint density at radius 1 is 1.25 bits per heavy atom. The van der Waals surface area contributed by atoms with E-state index in [4.69, 9.17) is 5.11 Å². The molecule has 0 spiro atoms. The maximum absolute atomic E-state index is 12.9. The number of hydrogen-bond donors (Lipinski definition) is 2. The zero-order valence-electron chi connectivity index (χ0n) is 17.1. The van der Waals surface area contributed by atoms with Gasteiger partial charge in [-0.3, -0.25) is 4.79 Å². The second-order valence-electron chi connectivity index (χ2n) is 7.65. The summed E-state index contributed by atoms with van der Waals surface area (Å²) in [5.74, 6) is -1.29. The van der Waals surface area contributed by atoms with E-state index < -0.39 is 17.8 Å². The molecule has 1 aliphatic carbocycles. The van der Waals surface area contributed by atoms with E-state index in [-0.39, 0.29) is 11.9 Å². The Hall–Kier alpha value is -3.69. The van der Waals surface area contributed by atoms with E-state index in [0.29, 0.717) is 24.9 Å². The van der Waals surface area contributed by atoms with Crippen molar-refractivity contribution in [1.29, 1.82) is 0 Å². The molecule has 0 saturated heterocycles. The maximum Gasteiger partial charge on any atom is 0.433 e. The van der Waals surface area contributed by atoms with Crippen molar-refractivity contribution in [1.82, 2.24) is 19.5 Å². The van der Waals surface area contributed by atoms with Gasteiger partial charge in [0, 0.05) is 23.8 Å². The molecule has 0 fully saturated rings. The average Bonchev–Trinajstić information content (AvgIpc) is 3.23. The molecule has 2 aromatic heterocycles. The fourth-order valence-corrected chi connectivity index (χ4v) is 3.61. The van der Waals surface area contributed by atoms with Gasteiger partial charge in [0.25, 0.3) is 0 Å². The first kappa shape index (κ1) is 21.5. The largest absolute Gasteiger partial charge is 0.481 e. The van der Waals surface area contributed by atoms with Crippen molar-refractivity contribution in [3.8, 4) is 5.69 Å². The normalized spacial score (nSPS) is 16.5. The number of aryl methyl sites for hydroxylation is 1. The minimum Gasteiger partial charge on any atom is -0.481 e. The first-order valence-corrected chi connectivity index (χ1v) is 9.94. The van der Waals surface area contributed by atoms with Crippen LogP contribution in [0, 0.1) is 12.8 Å². The Morgan fingerprint density at radius 2 is 2.06 bits per heavy atom. The molecule has 166 valence electrons. The predicted octanol–water partition coefficient (Wildman–Crippen LogP) is 5.00. The van der Waals surface area contributed by atoms with Crippen molar-refractivity contribution in [2.45, 2.75) is 32.4 Å². The van der Waals surface area contributed by atoms with Crippen LogP contribution in [0.5, 0.6) is 0 Å². The molecular formula is C22H20F3N5O2. The van der Waals surface area contributed by atoms with Crippen molar-refractivity contribution < 1.29 is 23.1 Å². The van der Waals surface area contributed by atoms with E-state index >= 15 is 0 Å². The number of nitrogens with one attached hydrogen (secondary N) is 1. The number of benzene rings is 1. The summed E-state index contributed by atoms with van der Waals surface area (Å²) in [6.45, 7) is 1.87. The fraction of sp³-hybridized carbons (Fsp3) is 0.273. The summed E-state index contributed by atoms with van der Waals surface area (Å²) in [6, 6.07) is 6.27. The SMILES string of the molecule is Cc1cc(Nc2nccc(C(F)(F)F)n2)cc(-n2cnc(C3=CCC(C(=O)O)CC3)c2)c1. The molecule has 0 bridgehead atoms. The van der Waals surface area contributed by atoms with Gasteiger partial charge in [0.15, 0.2) is 0 Å². The molecule has 1 aliphatic rings. The van der Waals surface area contributed by atoms with Crippen molar-refractivity contribution in [2.75, 3.05) is 5.32 Å². The van der Waals surface area contributed by atoms with Gasteiger partial charge in [-0.25, -0.2) is 15.0 Å². The van der Waals surface area contributed by atoms with E-state index in [1.54, 1.807) is 18.5 Å². The van der Waals surface area contributed by atoms with Gasteiger partial charge < -0.3 is 15.0 Å². The summed E-state index contributed by atoms with van der Waals surface area (Å²) in [7, 11) is 0. The number of aliphatic carboxylic acids is 1. The van der Waals surface area contributed by atoms with Crippen molar-refractivity contribution in [2.24, 2.45) is 5.92 Å². The first-order valence-electron chi connectivity index (χ1n) is 9.94. The van der Waals surface area contributed by atoms with Crippen molar-refractivity contribution >= 4 is 23.2 Å². The number of imidazole rings is 1. The number of alkyl halides is 3. The topological polar surface area (TPSA) is 92.9 Å². The van der Waals surface area contributed by atoms with Gasteiger partial charge in [0.05, 0.1) is 17.9 Å². The van der Waals surface area contributed by atoms with Crippen LogP contribution < -0.4 is 5.32 Å². The Bertz CT molecular complexity index is 1190. The Kier molecular flexibility index (Phi) is 5.68. The molecule has 10 heteroatoms. The molecule has 2 heterocycles. The number of aromatic nitrogens is 4. The van der Waals surface area contributed by atoms with Gasteiger partial charge in [-0.15, -0.1) is 0 Å². The van der Waals surface area contributed by atoms with Crippen LogP contribution in [0.25, 0.3) is 11.3 Å². The molecular weight excluding hydrogens is 423 g/mol. The molecule has 2 N–H and O–H groups in total. The van der Waals surface area contributed by atoms with E-state index in [0.717, 1.165) is 34.8 Å². The van der Waals surface area contributed by atoms with Crippen LogP contribution in [-0.2, 0) is 11.0 Å². The summed E-state index contributed by atoms with van der Waals surface area (Å²) in [5, 5.41) is 12.0. The zero-order valence-corrected chi connectivity index (χ0v) is 17.1. The fourth-order valence-electron chi connectivity index (χ4n) is 3.61. The second-order valence-corrected chi connectivity index (χ2v) is 7.65. The molecule has 1 unspecified atom stereocenters. The van der Waals surface area contributed by atoms with Crippen molar-refractivity contribution in [3.05, 3.63) is 66.0 Å². The highest BCUT2D eigenvalue weighted by Crippen LogP contribution is 2.31. The van der Waals surface area contributed by atoms with Gasteiger partial charge in [0.2, 0.25) is 5.95 Å². The van der Waals surface area contributed by atoms with Crippen molar-refractivity contribution in [3.63, 3.8) is 0 Å². The van der Waals surface area contributed by atoms with Gasteiger partial charge in [-0.05, 0) is 61.6 Å². The zero-order chi connectivity index (χ0) is 22.9. The number of rotatable bonds is 5. The molecule has 0 radical (unpaired) electrons. The third kappa shape index (κ3) is 4.79. The maximum atomic E-state index is 12.9. The molecule has 7 nitrogen and oxygen atoms in total. The molecule has 1 atom stereocenters. The average molecular weight is 443 g/mol. The van der Waals surface area contributed by atoms with Crippen LogP contribution >= 0.6 is 0 Å². The lowest BCUT2D eigenvalue weighted by Gasteiger charge is -2.17. The van der Waals surface area contributed by atoms with Gasteiger partial charge in [0.1, 0.15) is 5.69 Å². The summed E-state index contributed by atoms with van der Waals surface area (Å²) >= 11 is 0. The van der Waals surface area contributed by atoms with E-state index in [1.165, 1.54) is 0 Å². The molecule has 0 aliphatic heterocycles. The second kappa shape index (κ2) is 8.45. The number of hydrogen-bond acceptors (Lipinski definition) is 5. The van der Waals surface area contributed by atoms with Crippen LogP contribution in [0.2, 0.25) is 0 Å². The van der Waals surface area contributed by atoms with Crippen LogP contribution in [0.15, 0.2) is 49.1 Å².